The molecular weight excluding hydrogens is 192 g/mol. The molecule has 0 heteroatoms. The molecule has 0 bridgehead atoms. The number of rotatable bonds is 10. The van der Waals surface area contributed by atoms with Gasteiger partial charge in [-0.1, -0.05) is 79.6 Å². The molecule has 0 aromatic rings. The lowest BCUT2D eigenvalue weighted by molar-refractivity contribution is 0.337. The fourth-order valence-electron chi connectivity index (χ4n) is 2.81. The molecule has 0 aromatic carbocycles. The molecule has 0 rings (SSSR count). The predicted molar refractivity (Wildman–Crippen MR) is 75.8 cm³/mol. The van der Waals surface area contributed by atoms with E-state index in [1.54, 1.807) is 0 Å². The topological polar surface area (TPSA) is 0 Å². The van der Waals surface area contributed by atoms with Gasteiger partial charge in [-0.15, -0.1) is 0 Å². The highest BCUT2D eigenvalue weighted by molar-refractivity contribution is 4.63. The molecule has 2 atom stereocenters. The maximum Gasteiger partial charge on any atom is -0.0414 e. The molecule has 0 aromatic heterocycles. The summed E-state index contributed by atoms with van der Waals surface area (Å²) in [5.74, 6) is 2.86. The minimum atomic E-state index is 0.877. The quantitative estimate of drug-likeness (QED) is 0.425. The maximum absolute atomic E-state index is 2.36. The second kappa shape index (κ2) is 10.2. The first kappa shape index (κ1) is 16.0. The van der Waals surface area contributed by atoms with Crippen LogP contribution in [-0.4, -0.2) is 0 Å². The summed E-state index contributed by atoms with van der Waals surface area (Å²) in [6.45, 7) is 11.7. The standard InChI is InChI=1S/C16H34/c1-6-10-15(7-2)11-9-12-16(8-3)13-14(4)5/h14-16H,6-13H2,1-5H3. The molecule has 0 heterocycles. The highest BCUT2D eigenvalue weighted by Gasteiger charge is 2.10. The molecule has 0 fully saturated rings. The average molecular weight is 226 g/mol. The highest BCUT2D eigenvalue weighted by atomic mass is 14.2. The average Bonchev–Trinajstić information content (AvgIpc) is 2.25. The SMILES string of the molecule is CCCC(CC)CCCC(CC)CC(C)C. The summed E-state index contributed by atoms with van der Waals surface area (Å²) in [6.07, 6.45) is 11.4. The van der Waals surface area contributed by atoms with Crippen LogP contribution in [0.4, 0.5) is 0 Å². The van der Waals surface area contributed by atoms with Crippen LogP contribution in [0.3, 0.4) is 0 Å². The Kier molecular flexibility index (Phi) is 10.2. The third-order valence-corrected chi connectivity index (χ3v) is 3.88. The Morgan fingerprint density at radius 1 is 0.750 bits per heavy atom. The van der Waals surface area contributed by atoms with Gasteiger partial charge in [0.15, 0.2) is 0 Å². The Bertz CT molecular complexity index is 137. The molecule has 0 N–H and O–H groups in total. The van der Waals surface area contributed by atoms with Crippen molar-refractivity contribution >= 4 is 0 Å². The Morgan fingerprint density at radius 2 is 1.31 bits per heavy atom. The molecule has 98 valence electrons. The fraction of sp³-hybridized carbons (Fsp3) is 1.00. The van der Waals surface area contributed by atoms with Crippen molar-refractivity contribution in [1.29, 1.82) is 0 Å². The van der Waals surface area contributed by atoms with Gasteiger partial charge in [-0.3, -0.25) is 0 Å². The van der Waals surface area contributed by atoms with Crippen LogP contribution < -0.4 is 0 Å². The van der Waals surface area contributed by atoms with E-state index in [9.17, 15) is 0 Å². The second-order valence-corrected chi connectivity index (χ2v) is 5.90. The Hall–Kier alpha value is 0. The minimum absolute atomic E-state index is 0.877. The summed E-state index contributed by atoms with van der Waals surface area (Å²) in [7, 11) is 0. The van der Waals surface area contributed by atoms with E-state index in [0.29, 0.717) is 0 Å². The lowest BCUT2D eigenvalue weighted by Gasteiger charge is -2.19. The summed E-state index contributed by atoms with van der Waals surface area (Å²) >= 11 is 0. The van der Waals surface area contributed by atoms with E-state index >= 15 is 0 Å². The zero-order chi connectivity index (χ0) is 12.4. The predicted octanol–water partition coefficient (Wildman–Crippen LogP) is 6.06. The summed E-state index contributed by atoms with van der Waals surface area (Å²) < 4.78 is 0. The first-order valence-corrected chi connectivity index (χ1v) is 7.63. The van der Waals surface area contributed by atoms with E-state index in [2.05, 4.69) is 34.6 Å². The van der Waals surface area contributed by atoms with Crippen molar-refractivity contribution in [3.63, 3.8) is 0 Å². The Balaban J connectivity index is 3.67. The Morgan fingerprint density at radius 3 is 1.75 bits per heavy atom. The first-order valence-electron chi connectivity index (χ1n) is 7.63. The van der Waals surface area contributed by atoms with Crippen LogP contribution in [0.2, 0.25) is 0 Å². The lowest BCUT2D eigenvalue weighted by Crippen LogP contribution is -2.05. The van der Waals surface area contributed by atoms with Gasteiger partial charge in [0.25, 0.3) is 0 Å². The van der Waals surface area contributed by atoms with Gasteiger partial charge in [0.2, 0.25) is 0 Å². The molecule has 2 unspecified atom stereocenters. The van der Waals surface area contributed by atoms with Crippen LogP contribution >= 0.6 is 0 Å². The van der Waals surface area contributed by atoms with Crippen LogP contribution in [0, 0.1) is 17.8 Å². The van der Waals surface area contributed by atoms with E-state index in [1.165, 1.54) is 51.4 Å². The summed E-state index contributed by atoms with van der Waals surface area (Å²) in [5.41, 5.74) is 0. The van der Waals surface area contributed by atoms with E-state index in [-0.39, 0.29) is 0 Å². The van der Waals surface area contributed by atoms with E-state index in [0.717, 1.165) is 17.8 Å². The van der Waals surface area contributed by atoms with Crippen LogP contribution in [0.15, 0.2) is 0 Å². The first-order chi connectivity index (χ1) is 7.63. The normalized spacial score (nSPS) is 15.4. The Labute approximate surface area is 104 Å². The van der Waals surface area contributed by atoms with Crippen LogP contribution in [0.5, 0.6) is 0 Å². The number of hydrogen-bond donors (Lipinski definition) is 0. The van der Waals surface area contributed by atoms with Crippen molar-refractivity contribution in [3.05, 3.63) is 0 Å². The summed E-state index contributed by atoms with van der Waals surface area (Å²) in [6, 6.07) is 0. The molecule has 0 saturated carbocycles. The van der Waals surface area contributed by atoms with Crippen molar-refractivity contribution in [2.75, 3.05) is 0 Å². The van der Waals surface area contributed by atoms with Gasteiger partial charge in [0.05, 0.1) is 0 Å². The van der Waals surface area contributed by atoms with Gasteiger partial charge in [-0.2, -0.15) is 0 Å². The minimum Gasteiger partial charge on any atom is -0.0654 e. The highest BCUT2D eigenvalue weighted by Crippen LogP contribution is 2.24. The van der Waals surface area contributed by atoms with Crippen LogP contribution in [-0.2, 0) is 0 Å². The molecule has 16 heavy (non-hydrogen) atoms. The van der Waals surface area contributed by atoms with E-state index in [4.69, 9.17) is 0 Å². The molecule has 0 spiro atoms. The van der Waals surface area contributed by atoms with Crippen molar-refractivity contribution in [2.24, 2.45) is 17.8 Å². The zero-order valence-electron chi connectivity index (χ0n) is 12.4. The van der Waals surface area contributed by atoms with Crippen molar-refractivity contribution < 1.29 is 0 Å². The lowest BCUT2D eigenvalue weighted by atomic mass is 9.87. The molecule has 0 aliphatic heterocycles. The molecule has 0 aliphatic rings. The van der Waals surface area contributed by atoms with Crippen molar-refractivity contribution in [1.82, 2.24) is 0 Å². The third-order valence-electron chi connectivity index (χ3n) is 3.88. The van der Waals surface area contributed by atoms with Crippen LogP contribution in [0.1, 0.15) is 86.0 Å². The maximum atomic E-state index is 2.36. The molecule has 0 saturated heterocycles. The van der Waals surface area contributed by atoms with Gasteiger partial charge < -0.3 is 0 Å². The largest absolute Gasteiger partial charge is 0.0654 e. The molecule has 0 aliphatic carbocycles. The molecular formula is C16H34. The van der Waals surface area contributed by atoms with Gasteiger partial charge in [0, 0.05) is 0 Å². The van der Waals surface area contributed by atoms with Gasteiger partial charge >= 0.3 is 0 Å². The third kappa shape index (κ3) is 8.19. The van der Waals surface area contributed by atoms with Crippen molar-refractivity contribution in [2.45, 2.75) is 86.0 Å². The van der Waals surface area contributed by atoms with Gasteiger partial charge in [0.1, 0.15) is 0 Å². The van der Waals surface area contributed by atoms with Gasteiger partial charge in [-0.05, 0) is 24.2 Å². The smallest absolute Gasteiger partial charge is 0.0414 e. The number of hydrogen-bond acceptors (Lipinski definition) is 0. The summed E-state index contributed by atoms with van der Waals surface area (Å²) in [5, 5.41) is 0. The van der Waals surface area contributed by atoms with Crippen molar-refractivity contribution in [3.8, 4) is 0 Å². The van der Waals surface area contributed by atoms with Crippen LogP contribution in [0.25, 0.3) is 0 Å². The monoisotopic (exact) mass is 226 g/mol. The second-order valence-electron chi connectivity index (χ2n) is 5.90. The molecule has 0 radical (unpaired) electrons. The fourth-order valence-corrected chi connectivity index (χ4v) is 2.81. The zero-order valence-corrected chi connectivity index (χ0v) is 12.4. The molecule has 0 nitrogen and oxygen atoms in total. The van der Waals surface area contributed by atoms with E-state index in [1.807, 2.05) is 0 Å². The van der Waals surface area contributed by atoms with Gasteiger partial charge in [-0.25, -0.2) is 0 Å². The van der Waals surface area contributed by atoms with E-state index < -0.39 is 0 Å². The summed E-state index contributed by atoms with van der Waals surface area (Å²) in [4.78, 5) is 0. The molecule has 0 amide bonds.